The van der Waals surface area contributed by atoms with E-state index >= 15 is 0 Å². The van der Waals surface area contributed by atoms with E-state index in [1.54, 1.807) is 0 Å². The van der Waals surface area contributed by atoms with Gasteiger partial charge in [0.25, 0.3) is 5.78 Å². The van der Waals surface area contributed by atoms with Crippen molar-refractivity contribution in [3.63, 3.8) is 0 Å². The minimum atomic E-state index is -1.87. The molecule has 1 rings (SSSR count). The second-order valence-corrected chi connectivity index (χ2v) is 10.9. The number of hydrogen-bond donors (Lipinski definition) is 0. The lowest BCUT2D eigenvalue weighted by molar-refractivity contribution is -0.123. The highest BCUT2D eigenvalue weighted by molar-refractivity contribution is 6.84. The average Bonchev–Trinajstić information content (AvgIpc) is 2.45. The molecule has 1 aliphatic carbocycles. The van der Waals surface area contributed by atoms with Gasteiger partial charge in [0.05, 0.1) is 35.0 Å². The van der Waals surface area contributed by atoms with Crippen LogP contribution in [0.2, 0.25) is 19.6 Å². The van der Waals surface area contributed by atoms with Gasteiger partial charge < -0.3 is 14.2 Å². The molecule has 0 aliphatic heterocycles. The first-order chi connectivity index (χ1) is 10.2. The van der Waals surface area contributed by atoms with E-state index in [2.05, 4.69) is 19.6 Å². The van der Waals surface area contributed by atoms with Gasteiger partial charge in [-0.15, -0.1) is 0 Å². The van der Waals surface area contributed by atoms with Gasteiger partial charge in [-0.1, -0.05) is 32.6 Å². The van der Waals surface area contributed by atoms with E-state index in [0.29, 0.717) is 5.57 Å². The van der Waals surface area contributed by atoms with Gasteiger partial charge in [0.2, 0.25) is 17.3 Å². The van der Waals surface area contributed by atoms with Gasteiger partial charge in [0.15, 0.2) is 5.76 Å². The van der Waals surface area contributed by atoms with E-state index in [4.69, 9.17) is 14.2 Å². The van der Waals surface area contributed by atoms with Gasteiger partial charge >= 0.3 is 0 Å². The fraction of sp³-hybridized carbons (Fsp3) is 0.500. The molecule has 22 heavy (non-hydrogen) atoms. The maximum absolute atomic E-state index is 12.8. The summed E-state index contributed by atoms with van der Waals surface area (Å²) in [6.07, 6.45) is 2.77. The molecule has 0 radical (unpaired) electrons. The molecule has 0 heterocycles. The number of rotatable bonds is 6. The van der Waals surface area contributed by atoms with Crippen LogP contribution in [0.4, 0.5) is 0 Å². The molecule has 0 amide bonds. The van der Waals surface area contributed by atoms with Crippen LogP contribution >= 0.6 is 0 Å². The molecule has 0 aromatic heterocycles. The maximum Gasteiger partial charge on any atom is 0.266 e. The Kier molecular flexibility index (Phi) is 5.76. The summed E-state index contributed by atoms with van der Waals surface area (Å²) in [5.74, 6) is -0.970. The van der Waals surface area contributed by atoms with Crippen molar-refractivity contribution in [2.75, 3.05) is 21.3 Å². The molecule has 0 fully saturated rings. The molecule has 0 spiro atoms. The van der Waals surface area contributed by atoms with Crippen LogP contribution in [-0.4, -0.2) is 41.0 Å². The van der Waals surface area contributed by atoms with Crippen molar-refractivity contribution in [2.24, 2.45) is 0 Å². The number of ether oxygens (including phenoxy) is 3. The summed E-state index contributed by atoms with van der Waals surface area (Å²) in [6.45, 7) is 8.35. The van der Waals surface area contributed by atoms with E-state index < -0.39 is 13.9 Å². The zero-order valence-corrected chi connectivity index (χ0v) is 15.3. The Morgan fingerprint density at radius 2 is 1.36 bits per heavy atom. The zero-order chi connectivity index (χ0) is 17.1. The molecule has 6 heteroatoms. The first-order valence-electron chi connectivity index (χ1n) is 7.15. The van der Waals surface area contributed by atoms with E-state index in [9.17, 15) is 9.59 Å². The van der Waals surface area contributed by atoms with Gasteiger partial charge in [-0.25, -0.2) is 0 Å². The summed E-state index contributed by atoms with van der Waals surface area (Å²) in [7, 11) is 2.21. The molecular weight excluding hydrogens is 300 g/mol. The Morgan fingerprint density at radius 1 is 0.909 bits per heavy atom. The van der Waals surface area contributed by atoms with Gasteiger partial charge in [0.1, 0.15) is 0 Å². The number of ketones is 2. The Labute approximate surface area is 132 Å². The third kappa shape index (κ3) is 3.16. The SMILES string of the molecule is CC/C=C(/C1=C(OC)C(=O)C(OC)=C(OC)C1=O)[Si](C)(C)C. The Hall–Kier alpha value is -1.82. The van der Waals surface area contributed by atoms with Gasteiger partial charge in [0, 0.05) is 0 Å². The predicted octanol–water partition coefficient (Wildman–Crippen LogP) is 2.76. The van der Waals surface area contributed by atoms with Crippen LogP contribution in [0.5, 0.6) is 0 Å². The predicted molar refractivity (Wildman–Crippen MR) is 86.8 cm³/mol. The molecular formula is C16H24O5Si. The number of allylic oxidation sites excluding steroid dienone is 3. The van der Waals surface area contributed by atoms with Crippen molar-refractivity contribution >= 4 is 19.6 Å². The number of carbonyl (C=O) groups is 2. The lowest BCUT2D eigenvalue weighted by Gasteiger charge is -2.28. The third-order valence-electron chi connectivity index (χ3n) is 3.38. The van der Waals surface area contributed by atoms with Crippen LogP contribution in [0.25, 0.3) is 0 Å². The second-order valence-electron chi connectivity index (χ2n) is 5.91. The molecule has 5 nitrogen and oxygen atoms in total. The summed E-state index contributed by atoms with van der Waals surface area (Å²) >= 11 is 0. The molecule has 0 atom stereocenters. The lowest BCUT2D eigenvalue weighted by atomic mass is 9.97. The third-order valence-corrected chi connectivity index (χ3v) is 5.45. The minimum absolute atomic E-state index is 0.0322. The molecule has 0 aromatic carbocycles. The summed E-state index contributed by atoms with van der Waals surface area (Å²) in [5, 5.41) is 0.898. The van der Waals surface area contributed by atoms with Crippen molar-refractivity contribution in [1.29, 1.82) is 0 Å². The normalized spacial score (nSPS) is 17.1. The first-order valence-corrected chi connectivity index (χ1v) is 10.6. The Bertz CT molecular complexity index is 576. The fourth-order valence-corrected chi connectivity index (χ4v) is 4.23. The molecule has 0 N–H and O–H groups in total. The highest BCUT2D eigenvalue weighted by atomic mass is 28.3. The first kappa shape index (κ1) is 18.2. The van der Waals surface area contributed by atoms with Gasteiger partial charge in [-0.05, 0) is 11.6 Å². The molecule has 0 unspecified atom stereocenters. The van der Waals surface area contributed by atoms with Crippen LogP contribution < -0.4 is 0 Å². The van der Waals surface area contributed by atoms with Crippen LogP contribution in [-0.2, 0) is 23.8 Å². The van der Waals surface area contributed by atoms with Crippen LogP contribution in [0.1, 0.15) is 13.3 Å². The maximum atomic E-state index is 12.8. The number of hydrogen-bond acceptors (Lipinski definition) is 5. The average molecular weight is 324 g/mol. The van der Waals surface area contributed by atoms with E-state index in [1.807, 2.05) is 13.0 Å². The summed E-state index contributed by atoms with van der Waals surface area (Å²) in [4.78, 5) is 25.4. The highest BCUT2D eigenvalue weighted by Crippen LogP contribution is 2.34. The van der Waals surface area contributed by atoms with Crippen molar-refractivity contribution in [3.05, 3.63) is 34.1 Å². The molecule has 0 saturated heterocycles. The van der Waals surface area contributed by atoms with Crippen LogP contribution in [0.3, 0.4) is 0 Å². The van der Waals surface area contributed by atoms with Crippen molar-refractivity contribution in [3.8, 4) is 0 Å². The minimum Gasteiger partial charge on any atom is -0.492 e. The monoisotopic (exact) mass is 324 g/mol. The Balaban J connectivity index is 3.66. The van der Waals surface area contributed by atoms with E-state index in [0.717, 1.165) is 11.6 Å². The molecule has 1 aliphatic rings. The van der Waals surface area contributed by atoms with Gasteiger partial charge in [-0.2, -0.15) is 0 Å². The number of Topliss-reactive ketones (excluding diaryl/α,β-unsaturated/α-hetero) is 2. The van der Waals surface area contributed by atoms with Crippen molar-refractivity contribution in [2.45, 2.75) is 33.0 Å². The van der Waals surface area contributed by atoms with Crippen LogP contribution in [0, 0.1) is 0 Å². The highest BCUT2D eigenvalue weighted by Gasteiger charge is 2.41. The van der Waals surface area contributed by atoms with Crippen molar-refractivity contribution < 1.29 is 23.8 Å². The molecule has 0 bridgehead atoms. The number of carbonyl (C=O) groups excluding carboxylic acids is 2. The van der Waals surface area contributed by atoms with Crippen molar-refractivity contribution in [1.82, 2.24) is 0 Å². The lowest BCUT2D eigenvalue weighted by Crippen LogP contribution is -2.34. The largest absolute Gasteiger partial charge is 0.492 e. The summed E-state index contributed by atoms with van der Waals surface area (Å²) in [5.41, 5.74) is 0.311. The topological polar surface area (TPSA) is 61.8 Å². The molecule has 122 valence electrons. The van der Waals surface area contributed by atoms with Crippen LogP contribution in [0.15, 0.2) is 34.1 Å². The molecule has 0 aromatic rings. The molecule has 0 saturated carbocycles. The number of methoxy groups -OCH3 is 3. The standard InChI is InChI=1S/C16H24O5Si/c1-8-9-10(22(5,6)7)11-12(17)15(20-3)16(21-4)13(18)14(11)19-2/h9H,8H2,1-7H3/b10-9-. The zero-order valence-electron chi connectivity index (χ0n) is 14.3. The summed E-state index contributed by atoms with van der Waals surface area (Å²) in [6, 6.07) is 0. The van der Waals surface area contributed by atoms with E-state index in [1.165, 1.54) is 21.3 Å². The van der Waals surface area contributed by atoms with Gasteiger partial charge in [-0.3, -0.25) is 9.59 Å². The quantitative estimate of drug-likeness (QED) is 0.555. The summed E-state index contributed by atoms with van der Waals surface area (Å²) < 4.78 is 15.4. The fourth-order valence-electron chi connectivity index (χ4n) is 2.44. The smallest absolute Gasteiger partial charge is 0.266 e. The Morgan fingerprint density at radius 3 is 1.73 bits per heavy atom. The second kappa shape index (κ2) is 6.96. The van der Waals surface area contributed by atoms with E-state index in [-0.39, 0.29) is 23.1 Å².